The number of para-hydroxylation sites is 1. The van der Waals surface area contributed by atoms with Crippen LogP contribution in [-0.4, -0.2) is 35.4 Å². The van der Waals surface area contributed by atoms with Crippen LogP contribution in [-0.2, 0) is 12.8 Å². The maximum absolute atomic E-state index is 12.6. The second-order valence-corrected chi connectivity index (χ2v) is 9.47. The minimum atomic E-state index is -0.0674. The molecule has 0 bridgehead atoms. The van der Waals surface area contributed by atoms with E-state index in [1.807, 2.05) is 28.7 Å². The molecule has 0 amide bonds. The molecule has 1 N–H and O–H groups in total. The standard InChI is InChI=1S/C19H21N7OS2/c1-25-16(27)13-9-5-6-10-14(13)26-15(21-23-18(25)26)11-28-19-24-22-17(29-19)20-12-7-3-2-4-8-12/h5-6,9-10,12H,2-4,7-8,11H2,1H3,(H,20,22). The number of anilines is 1. The number of aromatic nitrogens is 6. The first-order chi connectivity index (χ1) is 14.2. The summed E-state index contributed by atoms with van der Waals surface area (Å²) in [6.45, 7) is 0. The molecule has 8 nitrogen and oxygen atoms in total. The number of thioether (sulfide) groups is 1. The molecule has 1 aliphatic carbocycles. The summed E-state index contributed by atoms with van der Waals surface area (Å²) < 4.78 is 4.39. The SMILES string of the molecule is Cn1c(=O)c2ccccc2n2c(CSc3nnc(NC4CCCCC4)s3)nnc12. The Balaban J connectivity index is 1.38. The first-order valence-corrected chi connectivity index (χ1v) is 11.6. The lowest BCUT2D eigenvalue weighted by Crippen LogP contribution is -2.21. The summed E-state index contributed by atoms with van der Waals surface area (Å²) in [5, 5.41) is 22.3. The van der Waals surface area contributed by atoms with Crippen LogP contribution in [0.25, 0.3) is 16.7 Å². The van der Waals surface area contributed by atoms with Crippen LogP contribution >= 0.6 is 23.1 Å². The number of rotatable bonds is 5. The third-order valence-electron chi connectivity index (χ3n) is 5.36. The molecule has 3 aromatic heterocycles. The van der Waals surface area contributed by atoms with Gasteiger partial charge in [0.15, 0.2) is 4.34 Å². The number of nitrogens with zero attached hydrogens (tertiary/aromatic N) is 6. The molecule has 0 saturated heterocycles. The molecule has 0 spiro atoms. The number of fused-ring (bicyclic) bond motifs is 3. The lowest BCUT2D eigenvalue weighted by Gasteiger charge is -2.21. The molecule has 3 heterocycles. The third-order valence-corrected chi connectivity index (χ3v) is 7.34. The van der Waals surface area contributed by atoms with E-state index in [1.54, 1.807) is 34.7 Å². The van der Waals surface area contributed by atoms with Crippen molar-refractivity contribution >= 4 is 44.9 Å². The zero-order valence-corrected chi connectivity index (χ0v) is 17.7. The zero-order valence-electron chi connectivity index (χ0n) is 16.0. The number of aryl methyl sites for hydroxylation is 1. The van der Waals surface area contributed by atoms with E-state index in [0.717, 1.165) is 20.8 Å². The Morgan fingerprint density at radius 1 is 1.14 bits per heavy atom. The van der Waals surface area contributed by atoms with Crippen LogP contribution in [0.4, 0.5) is 5.13 Å². The van der Waals surface area contributed by atoms with Gasteiger partial charge in [-0.3, -0.25) is 13.8 Å². The topological polar surface area (TPSA) is 90.0 Å². The molecular weight excluding hydrogens is 406 g/mol. The van der Waals surface area contributed by atoms with Gasteiger partial charge in [-0.05, 0) is 25.0 Å². The molecule has 29 heavy (non-hydrogen) atoms. The molecule has 1 saturated carbocycles. The summed E-state index contributed by atoms with van der Waals surface area (Å²) >= 11 is 3.17. The molecule has 0 radical (unpaired) electrons. The van der Waals surface area contributed by atoms with Crippen molar-refractivity contribution in [3.63, 3.8) is 0 Å². The fourth-order valence-electron chi connectivity index (χ4n) is 3.86. The minimum absolute atomic E-state index is 0.0674. The van der Waals surface area contributed by atoms with Gasteiger partial charge in [0, 0.05) is 13.1 Å². The Morgan fingerprint density at radius 2 is 1.97 bits per heavy atom. The van der Waals surface area contributed by atoms with Crippen molar-refractivity contribution < 1.29 is 0 Å². The lowest BCUT2D eigenvalue weighted by molar-refractivity contribution is 0.462. The normalized spacial score (nSPS) is 15.3. The third kappa shape index (κ3) is 3.51. The van der Waals surface area contributed by atoms with Crippen molar-refractivity contribution in [2.24, 2.45) is 7.05 Å². The highest BCUT2D eigenvalue weighted by atomic mass is 32.2. The van der Waals surface area contributed by atoms with E-state index in [1.165, 1.54) is 32.1 Å². The maximum Gasteiger partial charge on any atom is 0.262 e. The molecule has 0 unspecified atom stereocenters. The van der Waals surface area contributed by atoms with Crippen LogP contribution in [0.2, 0.25) is 0 Å². The Kier molecular flexibility index (Phi) is 4.96. The Labute approximate surface area is 175 Å². The second-order valence-electron chi connectivity index (χ2n) is 7.27. The van der Waals surface area contributed by atoms with E-state index in [-0.39, 0.29) is 5.56 Å². The Bertz CT molecular complexity index is 1220. The van der Waals surface area contributed by atoms with E-state index in [9.17, 15) is 4.79 Å². The molecule has 0 aliphatic heterocycles. The largest absolute Gasteiger partial charge is 0.357 e. The van der Waals surface area contributed by atoms with Crippen molar-refractivity contribution in [2.45, 2.75) is 48.2 Å². The molecule has 1 fully saturated rings. The van der Waals surface area contributed by atoms with Crippen LogP contribution in [0.1, 0.15) is 37.9 Å². The highest BCUT2D eigenvalue weighted by Gasteiger charge is 2.17. The summed E-state index contributed by atoms with van der Waals surface area (Å²) in [6, 6.07) is 8.07. The van der Waals surface area contributed by atoms with E-state index in [4.69, 9.17) is 0 Å². The van der Waals surface area contributed by atoms with Gasteiger partial charge < -0.3 is 5.32 Å². The van der Waals surface area contributed by atoms with Gasteiger partial charge in [-0.25, -0.2) is 0 Å². The minimum Gasteiger partial charge on any atom is -0.357 e. The highest BCUT2D eigenvalue weighted by Crippen LogP contribution is 2.30. The van der Waals surface area contributed by atoms with E-state index in [2.05, 4.69) is 25.7 Å². The Hall–Kier alpha value is -2.46. The van der Waals surface area contributed by atoms with Crippen LogP contribution in [0.15, 0.2) is 33.4 Å². The number of hydrogen-bond donors (Lipinski definition) is 1. The van der Waals surface area contributed by atoms with Gasteiger partial charge in [0.2, 0.25) is 10.9 Å². The summed E-state index contributed by atoms with van der Waals surface area (Å²) in [6.07, 6.45) is 6.32. The number of benzene rings is 1. The molecule has 0 atom stereocenters. The first-order valence-electron chi connectivity index (χ1n) is 9.75. The molecule has 4 aromatic rings. The van der Waals surface area contributed by atoms with Gasteiger partial charge in [0.1, 0.15) is 5.82 Å². The van der Waals surface area contributed by atoms with Crippen molar-refractivity contribution in [2.75, 3.05) is 5.32 Å². The van der Waals surface area contributed by atoms with Crippen LogP contribution in [0.3, 0.4) is 0 Å². The van der Waals surface area contributed by atoms with E-state index >= 15 is 0 Å². The Morgan fingerprint density at radius 3 is 2.83 bits per heavy atom. The summed E-state index contributed by atoms with van der Waals surface area (Å²) in [5.74, 6) is 1.93. The second kappa shape index (κ2) is 7.75. The first kappa shape index (κ1) is 18.6. The quantitative estimate of drug-likeness (QED) is 0.488. The van der Waals surface area contributed by atoms with Crippen molar-refractivity contribution in [3.05, 3.63) is 40.4 Å². The van der Waals surface area contributed by atoms with Crippen molar-refractivity contribution in [1.29, 1.82) is 0 Å². The lowest BCUT2D eigenvalue weighted by atomic mass is 9.96. The van der Waals surface area contributed by atoms with Crippen molar-refractivity contribution in [1.82, 2.24) is 29.4 Å². The predicted octanol–water partition coefficient (Wildman–Crippen LogP) is 3.47. The smallest absolute Gasteiger partial charge is 0.262 e. The fourth-order valence-corrected chi connectivity index (χ4v) is 5.60. The average Bonchev–Trinajstić information content (AvgIpc) is 3.38. The van der Waals surface area contributed by atoms with Crippen LogP contribution in [0.5, 0.6) is 0 Å². The van der Waals surface area contributed by atoms with Gasteiger partial charge in [-0.15, -0.1) is 20.4 Å². The maximum atomic E-state index is 12.6. The highest BCUT2D eigenvalue weighted by molar-refractivity contribution is 8.00. The van der Waals surface area contributed by atoms with Gasteiger partial charge in [0.25, 0.3) is 5.56 Å². The summed E-state index contributed by atoms with van der Waals surface area (Å²) in [7, 11) is 1.73. The molecule has 1 aliphatic rings. The van der Waals surface area contributed by atoms with E-state index < -0.39 is 0 Å². The molecule has 5 rings (SSSR count). The number of nitrogens with one attached hydrogen (secondary N) is 1. The molecular formula is C19H21N7OS2. The predicted molar refractivity (Wildman–Crippen MR) is 116 cm³/mol. The van der Waals surface area contributed by atoms with Gasteiger partial charge in [-0.1, -0.05) is 54.5 Å². The molecule has 1 aromatic carbocycles. The molecule has 10 heteroatoms. The monoisotopic (exact) mass is 427 g/mol. The number of hydrogen-bond acceptors (Lipinski definition) is 8. The average molecular weight is 428 g/mol. The zero-order chi connectivity index (χ0) is 19.8. The van der Waals surface area contributed by atoms with Crippen molar-refractivity contribution in [3.8, 4) is 0 Å². The van der Waals surface area contributed by atoms with Crippen LogP contribution in [0, 0.1) is 0 Å². The fraction of sp³-hybridized carbons (Fsp3) is 0.421. The van der Waals surface area contributed by atoms with Gasteiger partial charge in [0.05, 0.1) is 16.7 Å². The summed E-state index contributed by atoms with van der Waals surface area (Å²) in [4.78, 5) is 12.6. The molecule has 150 valence electrons. The van der Waals surface area contributed by atoms with Gasteiger partial charge in [-0.2, -0.15) is 0 Å². The summed E-state index contributed by atoms with van der Waals surface area (Å²) in [5.41, 5.74) is 0.755. The van der Waals surface area contributed by atoms with Crippen LogP contribution < -0.4 is 10.9 Å². The van der Waals surface area contributed by atoms with Gasteiger partial charge >= 0.3 is 0 Å². The van der Waals surface area contributed by atoms with E-state index in [0.29, 0.717) is 23.0 Å².